The number of hydrogen-bond donors (Lipinski definition) is 4. The molecule has 7 heteroatoms. The fourth-order valence-corrected chi connectivity index (χ4v) is 2.63. The number of ether oxygens (including phenoxy) is 1. The molecule has 4 atom stereocenters. The number of benzene rings is 1. The lowest BCUT2D eigenvalue weighted by atomic mass is 10.00. The fraction of sp³-hybridized carbons (Fsp3) is 0.429. The van der Waals surface area contributed by atoms with Crippen LogP contribution >= 0.6 is 0 Å². The highest BCUT2D eigenvalue weighted by Gasteiger charge is 2.25. The number of carbonyl (C=O) groups excluding carboxylic acids is 2. The Kier molecular flexibility index (Phi) is 7.21. The number of phenols is 1. The lowest BCUT2D eigenvalue weighted by molar-refractivity contribution is -0.127. The third kappa shape index (κ3) is 5.12. The van der Waals surface area contributed by atoms with Gasteiger partial charge in [-0.3, -0.25) is 4.79 Å². The van der Waals surface area contributed by atoms with Gasteiger partial charge in [0.05, 0.1) is 6.10 Å². The van der Waals surface area contributed by atoms with Gasteiger partial charge < -0.3 is 25.4 Å². The predicted molar refractivity (Wildman–Crippen MR) is 104 cm³/mol. The topological polar surface area (TPSA) is 116 Å². The average molecular weight is 387 g/mol. The molecule has 0 bridgehead atoms. The lowest BCUT2D eigenvalue weighted by Gasteiger charge is -2.19. The highest BCUT2D eigenvalue weighted by Crippen LogP contribution is 2.28. The number of rotatable bonds is 2. The number of esters is 1. The van der Waals surface area contributed by atoms with Crippen molar-refractivity contribution in [1.29, 1.82) is 0 Å². The highest BCUT2D eigenvalue weighted by molar-refractivity contribution is 5.96. The monoisotopic (exact) mass is 387 g/mol. The average Bonchev–Trinajstić information content (AvgIpc) is 2.64. The molecule has 0 saturated carbocycles. The van der Waals surface area contributed by atoms with Crippen molar-refractivity contribution < 1.29 is 29.6 Å². The molecule has 1 unspecified atom stereocenters. The molecule has 1 aromatic rings. The number of nitrogens with one attached hydrogen (secondary N) is 1. The molecule has 7 nitrogen and oxygen atoms in total. The molecule has 0 radical (unpaired) electrons. The van der Waals surface area contributed by atoms with Gasteiger partial charge in [-0.25, -0.2) is 4.79 Å². The Bertz CT molecular complexity index is 835. The van der Waals surface area contributed by atoms with Gasteiger partial charge in [-0.1, -0.05) is 24.8 Å². The molecular weight excluding hydrogens is 362 g/mol. The first-order valence-corrected chi connectivity index (χ1v) is 9.13. The SMILES string of the molecule is CCNc1cc(O)c2c(c1)C#CC[C@H](O)C(O)C(=O)/C=C\[C@@H](C)[C@H](C)OC2=O. The van der Waals surface area contributed by atoms with Crippen LogP contribution < -0.4 is 5.32 Å². The number of hydrogen-bond acceptors (Lipinski definition) is 7. The molecule has 4 N–H and O–H groups in total. The summed E-state index contributed by atoms with van der Waals surface area (Å²) in [5, 5.41) is 33.4. The van der Waals surface area contributed by atoms with Crippen LogP contribution in [0.1, 0.15) is 43.1 Å². The molecule has 1 aromatic carbocycles. The van der Waals surface area contributed by atoms with Crippen molar-refractivity contribution in [3.63, 3.8) is 0 Å². The Balaban J connectivity index is 2.53. The number of carbonyl (C=O) groups is 2. The Hall–Kier alpha value is -2.82. The van der Waals surface area contributed by atoms with Gasteiger partial charge in [0.15, 0.2) is 5.78 Å². The van der Waals surface area contributed by atoms with Gasteiger partial charge in [0.25, 0.3) is 0 Å². The van der Waals surface area contributed by atoms with Gasteiger partial charge in [-0.15, -0.1) is 0 Å². The number of anilines is 1. The lowest BCUT2D eigenvalue weighted by Crippen LogP contribution is -2.32. The molecule has 2 rings (SSSR count). The largest absolute Gasteiger partial charge is 0.507 e. The van der Waals surface area contributed by atoms with E-state index in [2.05, 4.69) is 17.2 Å². The minimum absolute atomic E-state index is 0.0691. The molecule has 1 aliphatic rings. The van der Waals surface area contributed by atoms with E-state index in [0.717, 1.165) is 6.08 Å². The normalized spacial score (nSPS) is 26.9. The maximum Gasteiger partial charge on any atom is 0.343 e. The molecular formula is C21H25NO6. The van der Waals surface area contributed by atoms with E-state index in [1.165, 1.54) is 12.1 Å². The fourth-order valence-electron chi connectivity index (χ4n) is 2.63. The molecule has 1 aliphatic heterocycles. The van der Waals surface area contributed by atoms with E-state index >= 15 is 0 Å². The van der Waals surface area contributed by atoms with Gasteiger partial charge in [-0.2, -0.15) is 0 Å². The Morgan fingerprint density at radius 3 is 2.64 bits per heavy atom. The minimum Gasteiger partial charge on any atom is -0.507 e. The summed E-state index contributed by atoms with van der Waals surface area (Å²) >= 11 is 0. The Morgan fingerprint density at radius 2 is 1.96 bits per heavy atom. The number of ketones is 1. The maximum absolute atomic E-state index is 12.7. The highest BCUT2D eigenvalue weighted by atomic mass is 16.5. The number of cyclic esters (lactones) is 1. The Morgan fingerprint density at radius 1 is 1.25 bits per heavy atom. The number of aromatic hydroxyl groups is 1. The van der Waals surface area contributed by atoms with Gasteiger partial charge in [-0.05, 0) is 26.0 Å². The molecule has 0 amide bonds. The van der Waals surface area contributed by atoms with Crippen LogP contribution in [0.2, 0.25) is 0 Å². The van der Waals surface area contributed by atoms with Crippen molar-refractivity contribution in [3.8, 4) is 17.6 Å². The van der Waals surface area contributed by atoms with Crippen LogP contribution in [0.15, 0.2) is 24.3 Å². The van der Waals surface area contributed by atoms with Crippen LogP contribution in [-0.4, -0.2) is 51.9 Å². The van der Waals surface area contributed by atoms with Crippen molar-refractivity contribution in [2.75, 3.05) is 11.9 Å². The van der Waals surface area contributed by atoms with E-state index < -0.39 is 30.1 Å². The zero-order chi connectivity index (χ0) is 20.8. The predicted octanol–water partition coefficient (Wildman–Crippen LogP) is 1.61. The van der Waals surface area contributed by atoms with Crippen LogP contribution in [0.3, 0.4) is 0 Å². The molecule has 0 saturated heterocycles. The molecule has 28 heavy (non-hydrogen) atoms. The van der Waals surface area contributed by atoms with Crippen molar-refractivity contribution in [2.45, 2.75) is 45.5 Å². The van der Waals surface area contributed by atoms with Crippen molar-refractivity contribution >= 4 is 17.4 Å². The molecule has 150 valence electrons. The van der Waals surface area contributed by atoms with Gasteiger partial charge in [0, 0.05) is 36.2 Å². The number of aliphatic hydroxyl groups excluding tert-OH is 2. The second-order valence-corrected chi connectivity index (χ2v) is 6.70. The summed E-state index contributed by atoms with van der Waals surface area (Å²) in [6.07, 6.45) is -1.09. The second kappa shape index (κ2) is 9.40. The zero-order valence-electron chi connectivity index (χ0n) is 16.1. The first-order valence-electron chi connectivity index (χ1n) is 9.13. The van der Waals surface area contributed by atoms with Crippen molar-refractivity contribution in [2.24, 2.45) is 5.92 Å². The molecule has 0 aliphatic carbocycles. The van der Waals surface area contributed by atoms with E-state index in [-0.39, 0.29) is 29.2 Å². The van der Waals surface area contributed by atoms with E-state index in [4.69, 9.17) is 4.74 Å². The van der Waals surface area contributed by atoms with Crippen LogP contribution in [0.25, 0.3) is 0 Å². The summed E-state index contributed by atoms with van der Waals surface area (Å²) < 4.78 is 5.44. The third-order valence-electron chi connectivity index (χ3n) is 4.49. The van der Waals surface area contributed by atoms with Crippen LogP contribution in [-0.2, 0) is 9.53 Å². The maximum atomic E-state index is 12.7. The summed E-state index contributed by atoms with van der Waals surface area (Å²) in [7, 11) is 0. The zero-order valence-corrected chi connectivity index (χ0v) is 16.1. The van der Waals surface area contributed by atoms with Crippen LogP contribution in [0.4, 0.5) is 5.69 Å². The second-order valence-electron chi connectivity index (χ2n) is 6.70. The smallest absolute Gasteiger partial charge is 0.343 e. The number of phenolic OH excluding ortho intramolecular Hbond substituents is 1. The first kappa shape index (κ1) is 21.5. The number of aliphatic hydroxyl groups is 2. The summed E-state index contributed by atoms with van der Waals surface area (Å²) in [6, 6.07) is 3.01. The van der Waals surface area contributed by atoms with E-state index in [1.54, 1.807) is 19.9 Å². The molecule has 0 fully saturated rings. The molecule has 0 aromatic heterocycles. The summed E-state index contributed by atoms with van der Waals surface area (Å²) in [5.74, 6) is 3.39. The van der Waals surface area contributed by atoms with Crippen LogP contribution in [0, 0.1) is 17.8 Å². The standard InChI is InChI=1S/C21H25NO6/c1-4-22-15-10-14-6-5-7-16(23)20(26)17(24)9-8-12(2)13(3)28-21(27)19(14)18(25)11-15/h8-13,16,20,22-23,25-26H,4,7H2,1-3H3/b9-8-/t12-,13+,16+,20?/m1/s1. The van der Waals surface area contributed by atoms with E-state index in [0.29, 0.717) is 12.2 Å². The van der Waals surface area contributed by atoms with Gasteiger partial charge >= 0.3 is 5.97 Å². The summed E-state index contributed by atoms with van der Waals surface area (Å²) in [5.41, 5.74) is 0.726. The minimum atomic E-state index is -1.60. The van der Waals surface area contributed by atoms with Gasteiger partial charge in [0.1, 0.15) is 23.5 Å². The number of fused-ring (bicyclic) bond motifs is 1. The van der Waals surface area contributed by atoms with Crippen molar-refractivity contribution in [3.05, 3.63) is 35.4 Å². The summed E-state index contributed by atoms with van der Waals surface area (Å²) in [4.78, 5) is 24.6. The first-order chi connectivity index (χ1) is 13.2. The van der Waals surface area contributed by atoms with E-state index in [9.17, 15) is 24.9 Å². The molecule has 0 spiro atoms. The summed E-state index contributed by atoms with van der Waals surface area (Å²) in [6.45, 7) is 5.88. The van der Waals surface area contributed by atoms with E-state index in [1.807, 2.05) is 6.92 Å². The molecule has 1 heterocycles. The van der Waals surface area contributed by atoms with Crippen LogP contribution in [0.5, 0.6) is 5.75 Å². The quantitative estimate of drug-likeness (QED) is 0.450. The third-order valence-corrected chi connectivity index (χ3v) is 4.49. The van der Waals surface area contributed by atoms with Crippen molar-refractivity contribution in [1.82, 2.24) is 0 Å². The van der Waals surface area contributed by atoms with Gasteiger partial charge in [0.2, 0.25) is 0 Å². The Labute approximate surface area is 164 Å².